The van der Waals surface area contributed by atoms with Gasteiger partial charge in [0, 0.05) is 158 Å². The molecule has 0 radical (unpaired) electrons. The molecule has 0 aliphatic rings. The Balaban J connectivity index is 0.000000266. The number of carbonyl (C=O) groups is 6. The fraction of sp³-hybridized carbons (Fsp3) is 0.378. The number of ether oxygens (including phenoxy) is 3. The van der Waals surface area contributed by atoms with Crippen LogP contribution >= 0.6 is 68.6 Å². The number of halogens is 4. The molecule has 3 atom stereocenters. The highest BCUT2D eigenvalue weighted by molar-refractivity contribution is 7.81. The zero-order chi connectivity index (χ0) is 88.2. The second kappa shape index (κ2) is 46.9. The second-order valence-corrected chi connectivity index (χ2v) is 35.0. The molecule has 0 spiro atoms. The van der Waals surface area contributed by atoms with Gasteiger partial charge in [-0.1, -0.05) is 108 Å². The number of nitrogens with zero attached hydrogens (tertiary/aromatic N) is 6. The summed E-state index contributed by atoms with van der Waals surface area (Å²) in [7, 11) is 1.93. The van der Waals surface area contributed by atoms with E-state index in [1.54, 1.807) is 95.8 Å². The molecule has 0 saturated carbocycles. The van der Waals surface area contributed by atoms with E-state index >= 15 is 0 Å². The van der Waals surface area contributed by atoms with Gasteiger partial charge in [-0.3, -0.25) is 46.9 Å². The summed E-state index contributed by atoms with van der Waals surface area (Å²) in [6.45, 7) is 12.3. The quantitative estimate of drug-likeness (QED) is 0.0155. The number of nitrogens with one attached hydrogen (secondary N) is 3. The first-order valence-electron chi connectivity index (χ1n) is 37.4. The zero-order valence-electron chi connectivity index (χ0n) is 68.9. The van der Waals surface area contributed by atoms with Gasteiger partial charge in [-0.05, 0) is 151 Å². The smallest absolute Gasteiger partial charge is 0.474 e. The molecule has 644 valence electrons. The van der Waals surface area contributed by atoms with Crippen molar-refractivity contribution in [2.75, 3.05) is 48.3 Å². The van der Waals surface area contributed by atoms with Gasteiger partial charge in [0.1, 0.15) is 17.2 Å². The summed E-state index contributed by atoms with van der Waals surface area (Å²) < 4.78 is 83.7. The number of carbonyl (C=O) groups excluding carboxylic acids is 6. The minimum atomic E-state index is -4.65. The fourth-order valence-electron chi connectivity index (χ4n) is 11.6. The molecule has 37 heteroatoms. The second-order valence-electron chi connectivity index (χ2n) is 27.9. The Bertz CT molecular complexity index is 5040. The summed E-state index contributed by atoms with van der Waals surface area (Å²) >= 11 is 23.9. The number of Topliss-reactive ketones (excluding diaryl/α,β-unsaturated/α-hetero) is 3. The highest BCUT2D eigenvalue weighted by Gasteiger charge is 2.27. The van der Waals surface area contributed by atoms with Crippen molar-refractivity contribution in [2.24, 2.45) is 21.1 Å². The number of aliphatic hydroxyl groups is 1. The number of amides is 3. The van der Waals surface area contributed by atoms with Crippen LogP contribution < -0.4 is 30.2 Å². The number of hydrogen-bond donors (Lipinski definition) is 6. The predicted octanol–water partition coefficient (Wildman–Crippen LogP) is 16.5. The average Bonchev–Trinajstić information content (AvgIpc) is 1.79. The molecular formula is C82H102Cl4N9O21P3. The van der Waals surface area contributed by atoms with Gasteiger partial charge in [0.25, 0.3) is 17.7 Å². The first kappa shape index (κ1) is 99.1. The summed E-state index contributed by atoms with van der Waals surface area (Å²) in [5, 5.41) is 19.4. The number of phosphoric acid groups is 2. The van der Waals surface area contributed by atoms with E-state index in [2.05, 4.69) is 44.5 Å². The molecule has 0 fully saturated rings. The van der Waals surface area contributed by atoms with Crippen LogP contribution in [0.5, 0.6) is 17.2 Å². The summed E-state index contributed by atoms with van der Waals surface area (Å²) in [6, 6.07) is 36.3. The molecule has 9 rings (SSSR count). The molecule has 119 heavy (non-hydrogen) atoms. The van der Waals surface area contributed by atoms with Crippen molar-refractivity contribution in [1.29, 1.82) is 0 Å². The molecule has 6 aromatic carbocycles. The largest absolute Gasteiger partial charge is 0.489 e. The number of aromatic nitrogens is 6. The van der Waals surface area contributed by atoms with E-state index in [0.29, 0.717) is 110 Å². The predicted molar refractivity (Wildman–Crippen MR) is 456 cm³/mol. The van der Waals surface area contributed by atoms with Gasteiger partial charge in [-0.15, -0.1) is 0 Å². The molecule has 9 aromatic rings. The molecule has 0 aliphatic carbocycles. The summed E-state index contributed by atoms with van der Waals surface area (Å²) in [6.07, 6.45) is 7.53. The van der Waals surface area contributed by atoms with Crippen LogP contribution in [0.25, 0.3) is 33.8 Å². The van der Waals surface area contributed by atoms with Crippen molar-refractivity contribution in [1.82, 2.24) is 44.6 Å². The minimum absolute atomic E-state index is 0.0195. The van der Waals surface area contributed by atoms with Crippen molar-refractivity contribution in [2.45, 2.75) is 137 Å². The summed E-state index contributed by atoms with van der Waals surface area (Å²) in [5.74, 6) is 1.33. The van der Waals surface area contributed by atoms with E-state index in [9.17, 15) is 47.6 Å². The third-order valence-electron chi connectivity index (χ3n) is 17.2. The van der Waals surface area contributed by atoms with Gasteiger partial charge in [-0.2, -0.15) is 0 Å². The number of ketones is 3. The topological polar surface area (TPSA) is 387 Å². The molecule has 30 nitrogen and oxygen atoms in total. The van der Waals surface area contributed by atoms with E-state index in [0.717, 1.165) is 39.1 Å². The zero-order valence-corrected chi connectivity index (χ0v) is 74.6. The average molecular weight is 1780 g/mol. The van der Waals surface area contributed by atoms with Gasteiger partial charge >= 0.3 is 22.6 Å². The van der Waals surface area contributed by atoms with Gasteiger partial charge in [0.05, 0.1) is 63.7 Å². The maximum Gasteiger partial charge on any atom is 0.474 e. The van der Waals surface area contributed by atoms with Gasteiger partial charge in [-0.25, -0.2) is 28.6 Å². The van der Waals surface area contributed by atoms with Crippen molar-refractivity contribution in [3.63, 3.8) is 0 Å². The number of hydrogen-bond acceptors (Lipinski definition) is 22. The molecule has 0 saturated heterocycles. The number of aliphatic hydroxyl groups excluding tert-OH is 1. The normalized spacial score (nSPS) is 12.3. The number of aryl methyl sites for hydroxylation is 3. The molecule has 0 bridgehead atoms. The van der Waals surface area contributed by atoms with Crippen LogP contribution in [0.15, 0.2) is 146 Å². The lowest BCUT2D eigenvalue weighted by Gasteiger charge is -2.21. The van der Waals surface area contributed by atoms with E-state index in [1.807, 2.05) is 121 Å². The Labute approximate surface area is 712 Å². The lowest BCUT2D eigenvalue weighted by Crippen LogP contribution is -2.37. The van der Waals surface area contributed by atoms with Crippen LogP contribution in [0.3, 0.4) is 0 Å². The van der Waals surface area contributed by atoms with E-state index in [1.165, 1.54) is 55.3 Å². The van der Waals surface area contributed by atoms with Crippen LogP contribution in [-0.2, 0) is 81.2 Å². The SMILES string of the molecule is CC(=O)c1nc(-c2ccc(C[C@@H](CCO)NC(=O)c3ccc(OC(C)C)c(Cl)c3)cc2)cn1C.CC(=O)c1nc(-c2ccc(C[C@@H](CCOP(=O)(O)O)NC(=O)c3ccc(OC(C)C)c(Cl)c3)cc2)cn1C.COP(=O)(Cl)OC.COP(=O)(OC)OCC[C@H](Cc1ccc(-c2cn(C)c(C(C)=O)n2)cc1)NC(=O)c1ccc(OC(C)C)c(Cl)c1. The lowest BCUT2D eigenvalue weighted by molar-refractivity contribution is 0.0917. The lowest BCUT2D eigenvalue weighted by atomic mass is 10.0. The third kappa shape index (κ3) is 32.3. The molecule has 0 unspecified atom stereocenters. The third-order valence-corrected chi connectivity index (χ3v) is 21.7. The van der Waals surface area contributed by atoms with Crippen LogP contribution in [0.1, 0.15) is 161 Å². The Morgan fingerprint density at radius 3 is 0.924 bits per heavy atom. The van der Waals surface area contributed by atoms with Crippen molar-refractivity contribution in [3.05, 3.63) is 212 Å². The Hall–Kier alpha value is -8.74. The number of benzene rings is 6. The minimum Gasteiger partial charge on any atom is -0.489 e. The molecule has 0 aliphatic heterocycles. The maximum atomic E-state index is 13.1. The molecule has 3 amide bonds. The first-order chi connectivity index (χ1) is 56.1. The highest BCUT2D eigenvalue weighted by Crippen LogP contribution is 2.51. The van der Waals surface area contributed by atoms with Crippen LogP contribution in [0.4, 0.5) is 0 Å². The van der Waals surface area contributed by atoms with Crippen LogP contribution in [-0.4, -0.2) is 163 Å². The Morgan fingerprint density at radius 1 is 0.429 bits per heavy atom. The fourth-order valence-corrected chi connectivity index (χ4v) is 13.4. The summed E-state index contributed by atoms with van der Waals surface area (Å²) in [4.78, 5) is 105. The molecule has 3 aromatic heterocycles. The number of rotatable bonds is 38. The number of imidazole rings is 3. The molecule has 6 N–H and O–H groups in total. The molecular weight excluding hydrogens is 1680 g/mol. The maximum absolute atomic E-state index is 13.1. The van der Waals surface area contributed by atoms with Crippen LogP contribution in [0, 0.1) is 0 Å². The first-order valence-corrected chi connectivity index (χ1v) is 43.9. The number of phosphoric ester groups is 2. The Morgan fingerprint density at radius 2 is 0.706 bits per heavy atom. The highest BCUT2D eigenvalue weighted by atomic mass is 35.7. The van der Waals surface area contributed by atoms with Crippen LogP contribution in [0.2, 0.25) is 15.1 Å². The van der Waals surface area contributed by atoms with E-state index in [-0.39, 0.29) is 85.8 Å². The van der Waals surface area contributed by atoms with Gasteiger partial charge in [0.2, 0.25) is 0 Å². The van der Waals surface area contributed by atoms with E-state index in [4.69, 9.17) is 83.6 Å². The van der Waals surface area contributed by atoms with Gasteiger partial charge in [0.15, 0.2) is 34.8 Å². The summed E-state index contributed by atoms with van der Waals surface area (Å²) in [5.41, 5.74) is 8.58. The standard InChI is InChI=1S/C28H35ClN3O7P.C26H31ClN3O7P.C26H30ClN3O4.C2H6ClO3P/c1-18(2)39-26-12-11-22(16-24(26)29)28(34)30-23(13-14-38-40(35,36-5)37-6)15-20-7-9-21(10-8-20)25-17-32(4)27(31-25)19(3)33;1-16(2)37-24-10-9-20(14-22(24)27)26(32)28-21(11-12-36-38(33,34)35)13-18-5-7-19(8-6-18)23-15-30(4)25(29-23)17(3)31;1-16(2)34-24-10-9-20(14-22(24)27)26(33)28-21(11-12-31)13-18-5-7-19(8-6-18)23-15-30(4)25(29-23)17(3)32;1-5-7(3,4)6-2/h7-12,16-18,23H,13-15H2,1-6H3,(H,30,34);5-10,14-16,21H,11-13H2,1-4H3,(H,28,32)(H2,33,34,35);5-10,14-16,21,31H,11-13H2,1-4H3,(H,28,33);1-2H3/t23-;2*21-;/m111./s1. The Kier molecular flexibility index (Phi) is 39.0. The van der Waals surface area contributed by atoms with Crippen molar-refractivity contribution < 1.29 is 98.7 Å². The molecule has 3 heterocycles. The van der Waals surface area contributed by atoms with Crippen molar-refractivity contribution in [3.8, 4) is 51.0 Å². The monoisotopic (exact) mass is 1780 g/mol. The van der Waals surface area contributed by atoms with Crippen molar-refractivity contribution >= 4 is 104 Å². The van der Waals surface area contributed by atoms with E-state index < -0.39 is 34.5 Å². The van der Waals surface area contributed by atoms with Gasteiger partial charge < -0.3 is 67.8 Å².